The van der Waals surface area contributed by atoms with Crippen molar-refractivity contribution in [3.8, 4) is 6.01 Å². The van der Waals surface area contributed by atoms with Crippen molar-refractivity contribution in [2.24, 2.45) is 5.41 Å². The van der Waals surface area contributed by atoms with Gasteiger partial charge < -0.3 is 31.3 Å². The zero-order valence-corrected chi connectivity index (χ0v) is 29.0. The van der Waals surface area contributed by atoms with Crippen LogP contribution in [0.5, 0.6) is 6.01 Å². The average molecular weight is 743 g/mol. The maximum atomic E-state index is 13.3. The Bertz CT molecular complexity index is 1940. The molecule has 274 valence electrons. The number of alkyl halides is 3. The monoisotopic (exact) mass is 742 g/mol. The van der Waals surface area contributed by atoms with E-state index in [1.54, 1.807) is 45.0 Å². The van der Waals surface area contributed by atoms with Crippen LogP contribution >= 0.6 is 11.6 Å². The first-order valence-electron chi connectivity index (χ1n) is 16.0. The number of carbonyl (C=O) groups excluding carboxylic acids is 3. The number of aromatic nitrogens is 3. The molecule has 17 heteroatoms. The minimum atomic E-state index is -4.61. The number of hydrogen-bond donors (Lipinski definition) is 5. The predicted octanol–water partition coefficient (Wildman–Crippen LogP) is 6.27. The van der Waals surface area contributed by atoms with E-state index < -0.39 is 53.3 Å². The summed E-state index contributed by atoms with van der Waals surface area (Å²) in [6.07, 6.45) is -3.16. The summed E-state index contributed by atoms with van der Waals surface area (Å²) in [7, 11) is 0. The Hall–Kier alpha value is -5.51. The smallest absolute Gasteiger partial charge is 0.422 e. The van der Waals surface area contributed by atoms with E-state index in [1.165, 1.54) is 30.3 Å². The van der Waals surface area contributed by atoms with Gasteiger partial charge in [-0.05, 0) is 90.9 Å². The molecule has 1 saturated carbocycles. The number of aryl methyl sites for hydroxylation is 1. The molecule has 1 fully saturated rings. The third-order valence-corrected chi connectivity index (χ3v) is 8.23. The van der Waals surface area contributed by atoms with Crippen molar-refractivity contribution in [3.63, 3.8) is 0 Å². The summed E-state index contributed by atoms with van der Waals surface area (Å²) in [6.45, 7) is 3.77. The van der Waals surface area contributed by atoms with E-state index in [0.29, 0.717) is 27.5 Å². The highest BCUT2D eigenvalue weighted by Gasteiger charge is 2.45. The summed E-state index contributed by atoms with van der Waals surface area (Å²) < 4.78 is 56.9. The molecule has 5 rings (SSSR count). The number of nitrogens with one attached hydrogen (secondary N) is 5. The van der Waals surface area contributed by atoms with Crippen LogP contribution in [0.2, 0.25) is 5.02 Å². The van der Waals surface area contributed by atoms with Crippen LogP contribution in [0.15, 0.2) is 66.7 Å². The largest absolute Gasteiger partial charge is 0.454 e. The zero-order chi connectivity index (χ0) is 37.7. The van der Waals surface area contributed by atoms with E-state index in [2.05, 4.69) is 41.5 Å². The average Bonchev–Trinajstić information content (AvgIpc) is 3.87. The summed E-state index contributed by atoms with van der Waals surface area (Å²) in [5.41, 5.74) is 1.21. The molecule has 1 aliphatic carbocycles. The molecule has 0 aliphatic heterocycles. The second-order valence-corrected chi connectivity index (χ2v) is 13.5. The molecule has 52 heavy (non-hydrogen) atoms. The summed E-state index contributed by atoms with van der Waals surface area (Å²) in [6, 6.07) is 16.6. The number of amides is 3. The second-order valence-electron chi connectivity index (χ2n) is 13.0. The van der Waals surface area contributed by atoms with Gasteiger partial charge >= 0.3 is 24.0 Å². The predicted molar refractivity (Wildman–Crippen MR) is 186 cm³/mol. The van der Waals surface area contributed by atoms with Crippen molar-refractivity contribution in [2.75, 3.05) is 35.6 Å². The molecule has 0 bridgehead atoms. The first kappa shape index (κ1) is 37.7. The molecular weight excluding hydrogens is 708 g/mol. The van der Waals surface area contributed by atoms with Gasteiger partial charge in [0.2, 0.25) is 11.9 Å². The van der Waals surface area contributed by atoms with E-state index in [4.69, 9.17) is 16.3 Å². The van der Waals surface area contributed by atoms with Crippen LogP contribution in [0.1, 0.15) is 48.2 Å². The van der Waals surface area contributed by atoms with Gasteiger partial charge in [0.25, 0.3) is 5.91 Å². The molecule has 0 saturated heterocycles. The Kier molecular flexibility index (Phi) is 11.2. The minimum Gasteiger partial charge on any atom is -0.454 e. The van der Waals surface area contributed by atoms with Gasteiger partial charge in [-0.2, -0.15) is 28.1 Å². The van der Waals surface area contributed by atoms with Crippen molar-refractivity contribution in [1.29, 1.82) is 0 Å². The third-order valence-electron chi connectivity index (χ3n) is 7.98. The molecule has 12 nitrogen and oxygen atoms in total. The normalized spacial score (nSPS) is 13.5. The van der Waals surface area contributed by atoms with Crippen LogP contribution in [0.4, 0.5) is 40.8 Å². The summed E-state index contributed by atoms with van der Waals surface area (Å²) in [5, 5.41) is 14.5. The number of benzene rings is 3. The molecule has 5 N–H and O–H groups in total. The lowest BCUT2D eigenvalue weighted by Crippen LogP contribution is -2.45. The highest BCUT2D eigenvalue weighted by molar-refractivity contribution is 6.39. The van der Waals surface area contributed by atoms with Gasteiger partial charge in [0.1, 0.15) is 5.82 Å². The molecule has 1 aromatic heterocycles. The lowest BCUT2D eigenvalue weighted by atomic mass is 9.93. The molecule has 0 unspecified atom stereocenters. The van der Waals surface area contributed by atoms with Crippen LogP contribution in [-0.2, 0) is 15.1 Å². The molecule has 3 aromatic carbocycles. The van der Waals surface area contributed by atoms with Gasteiger partial charge in [-0.1, -0.05) is 37.6 Å². The van der Waals surface area contributed by atoms with Crippen molar-refractivity contribution < 1.29 is 36.7 Å². The Morgan fingerprint density at radius 1 is 0.865 bits per heavy atom. The van der Waals surface area contributed by atoms with Crippen LogP contribution < -0.4 is 31.3 Å². The van der Waals surface area contributed by atoms with Crippen molar-refractivity contribution in [2.45, 2.75) is 45.3 Å². The third kappa shape index (κ3) is 10.5. The van der Waals surface area contributed by atoms with Crippen LogP contribution in [0.3, 0.4) is 0 Å². The van der Waals surface area contributed by atoms with Crippen LogP contribution in [0, 0.1) is 18.2 Å². The molecule has 4 aromatic rings. The molecule has 0 atom stereocenters. The van der Waals surface area contributed by atoms with E-state index in [-0.39, 0.29) is 25.0 Å². The molecular formula is C35H35ClF4N8O4. The second kappa shape index (κ2) is 15.4. The number of rotatable bonds is 13. The standard InChI is InChI=1S/C35H35ClF4N8O4/c1-20-16-24(37)10-13-26(20)44-29(51)28(50)42-18-33(2,3)17-41-27(49)21-4-11-25(12-5-21)43-30-45-31(47-32(46-30)52-19-35(38,39)40)48-34(14-15-34)22-6-8-23(36)9-7-22/h4-13,16H,14-15,17-19H2,1-3H3,(H,41,49)(H,42,50)(H,44,51)(H2,43,45,46,47,48). The number of ether oxygens (including phenoxy) is 1. The summed E-state index contributed by atoms with van der Waals surface area (Å²) in [5.74, 6) is -2.78. The van der Waals surface area contributed by atoms with Crippen molar-refractivity contribution in [1.82, 2.24) is 25.6 Å². The quantitative estimate of drug-likeness (QED) is 0.0787. The van der Waals surface area contributed by atoms with E-state index in [0.717, 1.165) is 18.4 Å². The maximum Gasteiger partial charge on any atom is 0.422 e. The Labute approximate surface area is 301 Å². The summed E-state index contributed by atoms with van der Waals surface area (Å²) >= 11 is 6.03. The first-order valence-corrected chi connectivity index (χ1v) is 16.4. The van der Waals surface area contributed by atoms with E-state index >= 15 is 0 Å². The fourth-order valence-electron chi connectivity index (χ4n) is 4.94. The molecule has 1 heterocycles. The highest BCUT2D eigenvalue weighted by Crippen LogP contribution is 2.48. The Balaban J connectivity index is 1.17. The van der Waals surface area contributed by atoms with Gasteiger partial charge in [-0.25, -0.2) is 4.39 Å². The van der Waals surface area contributed by atoms with Crippen LogP contribution in [-0.4, -0.2) is 58.5 Å². The first-order chi connectivity index (χ1) is 24.5. The maximum absolute atomic E-state index is 13.3. The van der Waals surface area contributed by atoms with Gasteiger partial charge in [0.15, 0.2) is 6.61 Å². The van der Waals surface area contributed by atoms with Crippen LogP contribution in [0.25, 0.3) is 0 Å². The lowest BCUT2D eigenvalue weighted by Gasteiger charge is -2.25. The number of nitrogens with zero attached hydrogens (tertiary/aromatic N) is 3. The molecule has 1 aliphatic rings. The van der Waals surface area contributed by atoms with Crippen molar-refractivity contribution >= 4 is 52.6 Å². The zero-order valence-electron chi connectivity index (χ0n) is 28.3. The number of carbonyl (C=O) groups is 3. The van der Waals surface area contributed by atoms with Gasteiger partial charge in [0, 0.05) is 35.1 Å². The topological polar surface area (TPSA) is 159 Å². The highest BCUT2D eigenvalue weighted by atomic mass is 35.5. The Morgan fingerprint density at radius 2 is 1.52 bits per heavy atom. The van der Waals surface area contributed by atoms with E-state index in [1.807, 2.05) is 12.1 Å². The molecule has 0 spiro atoms. The minimum absolute atomic E-state index is 0.000492. The summed E-state index contributed by atoms with van der Waals surface area (Å²) in [4.78, 5) is 50.0. The number of hydrogen-bond acceptors (Lipinski definition) is 9. The van der Waals surface area contributed by atoms with Gasteiger partial charge in [0.05, 0.1) is 5.54 Å². The fourth-order valence-corrected chi connectivity index (χ4v) is 5.06. The van der Waals surface area contributed by atoms with Gasteiger partial charge in [-0.3, -0.25) is 14.4 Å². The van der Waals surface area contributed by atoms with Gasteiger partial charge in [-0.15, -0.1) is 0 Å². The number of anilines is 4. The SMILES string of the molecule is Cc1cc(F)ccc1NC(=O)C(=O)NCC(C)(C)CNC(=O)c1ccc(Nc2nc(NC3(c4ccc(Cl)cc4)CC3)nc(OCC(F)(F)F)n2)cc1. The van der Waals surface area contributed by atoms with E-state index in [9.17, 15) is 31.9 Å². The fraction of sp³-hybridized carbons (Fsp3) is 0.314. The Morgan fingerprint density at radius 3 is 2.15 bits per heavy atom. The number of halogens is 5. The molecule has 3 amide bonds. The van der Waals surface area contributed by atoms with Crippen molar-refractivity contribution in [3.05, 3.63) is 94.3 Å². The molecule has 0 radical (unpaired) electrons. The lowest BCUT2D eigenvalue weighted by molar-refractivity contribution is -0.154.